The lowest BCUT2D eigenvalue weighted by atomic mass is 10.1. The highest BCUT2D eigenvalue weighted by molar-refractivity contribution is 6.31. The first-order chi connectivity index (χ1) is 12.1. The van der Waals surface area contributed by atoms with E-state index in [1.165, 1.54) is 0 Å². The summed E-state index contributed by atoms with van der Waals surface area (Å²) in [6, 6.07) is 14.1. The molecule has 25 heavy (non-hydrogen) atoms. The second kappa shape index (κ2) is 7.36. The Balaban J connectivity index is 1.59. The molecule has 0 saturated carbocycles. The molecule has 3 aromatic rings. The lowest BCUT2D eigenvalue weighted by Gasteiger charge is -2.15. The molecule has 0 fully saturated rings. The van der Waals surface area contributed by atoms with Crippen LogP contribution in [0.2, 0.25) is 5.02 Å². The first-order valence-electron chi connectivity index (χ1n) is 7.70. The highest BCUT2D eigenvalue weighted by Gasteiger charge is 2.18. The molecule has 0 aliphatic heterocycles. The summed E-state index contributed by atoms with van der Waals surface area (Å²) in [5.41, 5.74) is 1.68. The van der Waals surface area contributed by atoms with Crippen molar-refractivity contribution in [1.82, 2.24) is 15.5 Å². The van der Waals surface area contributed by atoms with Crippen LogP contribution in [0, 0.1) is 0 Å². The number of ether oxygens (including phenoxy) is 1. The van der Waals surface area contributed by atoms with E-state index in [0.29, 0.717) is 10.4 Å². The Morgan fingerprint density at radius 3 is 2.72 bits per heavy atom. The number of aromatic nitrogens is 2. The Bertz CT molecular complexity index is 923. The van der Waals surface area contributed by atoms with Crippen LogP contribution in [-0.4, -0.2) is 28.7 Å². The molecule has 1 atom stereocenters. The monoisotopic (exact) mass is 357 g/mol. The Kier molecular flexibility index (Phi) is 5.00. The summed E-state index contributed by atoms with van der Waals surface area (Å²) in [5, 5.41) is 10.7. The zero-order chi connectivity index (χ0) is 17.8. The SMILES string of the molecule is C[C@H](NC(=O)COC(=O)c1n[nH]c2ccccc12)c1ccccc1Cl. The number of aromatic amines is 1. The van der Waals surface area contributed by atoms with E-state index in [9.17, 15) is 9.59 Å². The Morgan fingerprint density at radius 1 is 1.20 bits per heavy atom. The summed E-state index contributed by atoms with van der Waals surface area (Å²) in [4.78, 5) is 24.1. The third kappa shape index (κ3) is 3.80. The smallest absolute Gasteiger partial charge is 0.359 e. The molecule has 1 aromatic heterocycles. The van der Waals surface area contributed by atoms with Crippen LogP contribution in [-0.2, 0) is 9.53 Å². The predicted molar refractivity (Wildman–Crippen MR) is 94.4 cm³/mol. The molecule has 0 saturated heterocycles. The minimum Gasteiger partial charge on any atom is -0.451 e. The lowest BCUT2D eigenvalue weighted by molar-refractivity contribution is -0.124. The molecule has 1 heterocycles. The third-order valence-electron chi connectivity index (χ3n) is 3.75. The van der Waals surface area contributed by atoms with Gasteiger partial charge in [-0.05, 0) is 24.6 Å². The first kappa shape index (κ1) is 17.0. The van der Waals surface area contributed by atoms with Crippen molar-refractivity contribution in [3.8, 4) is 0 Å². The van der Waals surface area contributed by atoms with Gasteiger partial charge in [-0.1, -0.05) is 48.0 Å². The second-order valence-corrected chi connectivity index (χ2v) is 5.91. The van der Waals surface area contributed by atoms with Crippen LogP contribution in [0.3, 0.4) is 0 Å². The Labute approximate surface area is 149 Å². The number of carbonyl (C=O) groups excluding carboxylic acids is 2. The van der Waals surface area contributed by atoms with Gasteiger partial charge in [0.15, 0.2) is 12.3 Å². The predicted octanol–water partition coefficient (Wildman–Crippen LogP) is 3.25. The van der Waals surface area contributed by atoms with Crippen molar-refractivity contribution in [3.63, 3.8) is 0 Å². The van der Waals surface area contributed by atoms with E-state index in [4.69, 9.17) is 16.3 Å². The minimum absolute atomic E-state index is 0.155. The van der Waals surface area contributed by atoms with Gasteiger partial charge in [0, 0.05) is 10.4 Å². The highest BCUT2D eigenvalue weighted by Crippen LogP contribution is 2.22. The molecule has 0 aliphatic carbocycles. The maximum absolute atomic E-state index is 12.1. The Morgan fingerprint density at radius 2 is 1.92 bits per heavy atom. The van der Waals surface area contributed by atoms with Gasteiger partial charge in [-0.25, -0.2) is 4.79 Å². The number of para-hydroxylation sites is 1. The fourth-order valence-corrected chi connectivity index (χ4v) is 2.81. The van der Waals surface area contributed by atoms with Crippen LogP contribution in [0.1, 0.15) is 29.0 Å². The first-order valence-corrected chi connectivity index (χ1v) is 8.08. The Hall–Kier alpha value is -2.86. The molecule has 7 heteroatoms. The minimum atomic E-state index is -0.655. The molecule has 0 unspecified atom stereocenters. The summed E-state index contributed by atoms with van der Waals surface area (Å²) in [7, 11) is 0. The molecule has 6 nitrogen and oxygen atoms in total. The summed E-state index contributed by atoms with van der Waals surface area (Å²) in [6.45, 7) is 1.41. The van der Waals surface area contributed by atoms with Crippen LogP contribution in [0.15, 0.2) is 48.5 Å². The second-order valence-electron chi connectivity index (χ2n) is 5.50. The molecule has 0 radical (unpaired) electrons. The molecular formula is C18H16ClN3O3. The van der Waals surface area contributed by atoms with Crippen molar-refractivity contribution in [1.29, 1.82) is 0 Å². The van der Waals surface area contributed by atoms with Gasteiger partial charge in [0.1, 0.15) is 0 Å². The molecule has 0 aliphatic rings. The average molecular weight is 358 g/mol. The van der Waals surface area contributed by atoms with E-state index in [1.807, 2.05) is 31.2 Å². The normalized spacial score (nSPS) is 11.9. The molecule has 2 N–H and O–H groups in total. The quantitative estimate of drug-likeness (QED) is 0.686. The van der Waals surface area contributed by atoms with E-state index in [0.717, 1.165) is 11.1 Å². The summed E-state index contributed by atoms with van der Waals surface area (Å²) in [6.07, 6.45) is 0. The van der Waals surface area contributed by atoms with Crippen LogP contribution in [0.5, 0.6) is 0 Å². The molecule has 3 rings (SSSR count). The van der Waals surface area contributed by atoms with Crippen molar-refractivity contribution >= 4 is 34.4 Å². The van der Waals surface area contributed by atoms with Crippen molar-refractivity contribution < 1.29 is 14.3 Å². The van der Waals surface area contributed by atoms with E-state index < -0.39 is 18.5 Å². The lowest BCUT2D eigenvalue weighted by Crippen LogP contribution is -2.31. The van der Waals surface area contributed by atoms with Gasteiger partial charge in [0.25, 0.3) is 5.91 Å². The van der Waals surface area contributed by atoms with E-state index in [-0.39, 0.29) is 11.7 Å². The molecule has 128 valence electrons. The number of carbonyl (C=O) groups is 2. The fraction of sp³-hybridized carbons (Fsp3) is 0.167. The van der Waals surface area contributed by atoms with Crippen molar-refractivity contribution in [3.05, 3.63) is 64.8 Å². The van der Waals surface area contributed by atoms with Gasteiger partial charge in [-0.3, -0.25) is 9.89 Å². The molecular weight excluding hydrogens is 342 g/mol. The third-order valence-corrected chi connectivity index (χ3v) is 4.09. The van der Waals surface area contributed by atoms with E-state index in [2.05, 4.69) is 15.5 Å². The van der Waals surface area contributed by atoms with Gasteiger partial charge < -0.3 is 10.1 Å². The number of H-pyrrole nitrogens is 1. The topological polar surface area (TPSA) is 84.1 Å². The van der Waals surface area contributed by atoms with Gasteiger partial charge in [0.05, 0.1) is 11.6 Å². The van der Waals surface area contributed by atoms with Crippen molar-refractivity contribution in [2.24, 2.45) is 0 Å². The summed E-state index contributed by atoms with van der Waals surface area (Å²) in [5.74, 6) is -1.07. The summed E-state index contributed by atoms with van der Waals surface area (Å²) < 4.78 is 5.06. The number of rotatable bonds is 5. The van der Waals surface area contributed by atoms with Gasteiger partial charge in [0.2, 0.25) is 0 Å². The van der Waals surface area contributed by atoms with Gasteiger partial charge in [-0.15, -0.1) is 0 Å². The van der Waals surface area contributed by atoms with Crippen LogP contribution < -0.4 is 5.32 Å². The van der Waals surface area contributed by atoms with Crippen LogP contribution in [0.25, 0.3) is 10.9 Å². The van der Waals surface area contributed by atoms with Crippen LogP contribution in [0.4, 0.5) is 0 Å². The molecule has 2 aromatic carbocycles. The van der Waals surface area contributed by atoms with Gasteiger partial charge in [-0.2, -0.15) is 5.10 Å². The zero-order valence-electron chi connectivity index (χ0n) is 13.5. The molecule has 0 bridgehead atoms. The standard InChI is InChI=1S/C18H16ClN3O3/c1-11(12-6-2-4-8-14(12)19)20-16(23)10-25-18(24)17-13-7-3-5-9-15(13)21-22-17/h2-9,11H,10H2,1H3,(H,20,23)(H,21,22)/t11-/m0/s1. The maximum atomic E-state index is 12.1. The number of nitrogens with zero attached hydrogens (tertiary/aromatic N) is 1. The largest absolute Gasteiger partial charge is 0.451 e. The number of nitrogens with one attached hydrogen (secondary N) is 2. The number of esters is 1. The number of hydrogen-bond acceptors (Lipinski definition) is 4. The molecule has 1 amide bonds. The van der Waals surface area contributed by atoms with Crippen molar-refractivity contribution in [2.75, 3.05) is 6.61 Å². The number of halogens is 1. The van der Waals surface area contributed by atoms with Crippen LogP contribution >= 0.6 is 11.6 Å². The van der Waals surface area contributed by atoms with E-state index in [1.54, 1.807) is 24.3 Å². The average Bonchev–Trinajstić information content (AvgIpc) is 3.04. The number of hydrogen-bond donors (Lipinski definition) is 2. The van der Waals surface area contributed by atoms with Crippen molar-refractivity contribution in [2.45, 2.75) is 13.0 Å². The number of amides is 1. The zero-order valence-corrected chi connectivity index (χ0v) is 14.2. The number of fused-ring (bicyclic) bond motifs is 1. The van der Waals surface area contributed by atoms with Gasteiger partial charge >= 0.3 is 5.97 Å². The number of benzene rings is 2. The summed E-state index contributed by atoms with van der Waals surface area (Å²) >= 11 is 6.10. The highest BCUT2D eigenvalue weighted by atomic mass is 35.5. The van der Waals surface area contributed by atoms with E-state index >= 15 is 0 Å². The maximum Gasteiger partial charge on any atom is 0.359 e. The fourth-order valence-electron chi connectivity index (χ4n) is 2.51. The molecule has 0 spiro atoms.